The molecule has 1 fully saturated rings. The van der Waals surface area contributed by atoms with E-state index in [2.05, 4.69) is 40.0 Å². The molecule has 1 aromatic carbocycles. The van der Waals surface area contributed by atoms with Crippen molar-refractivity contribution in [1.29, 1.82) is 0 Å². The summed E-state index contributed by atoms with van der Waals surface area (Å²) < 4.78 is 1.02. The average Bonchev–Trinajstić information content (AvgIpc) is 2.39. The predicted molar refractivity (Wildman–Crippen MR) is 85.3 cm³/mol. The highest BCUT2D eigenvalue weighted by molar-refractivity contribution is 9.10. The molecule has 2 nitrogen and oxygen atoms in total. The molecule has 0 spiro atoms. The van der Waals surface area contributed by atoms with Crippen LogP contribution >= 0.6 is 28.1 Å². The number of hydrogen-bond donors (Lipinski definition) is 1. The number of benzene rings is 1. The average molecular weight is 327 g/mol. The fraction of sp³-hybridized carbons (Fsp3) is 0.500. The molecule has 2 N–H and O–H groups in total. The van der Waals surface area contributed by atoms with Crippen LogP contribution in [0.25, 0.3) is 0 Å². The van der Waals surface area contributed by atoms with Crippen molar-refractivity contribution in [1.82, 2.24) is 0 Å². The zero-order chi connectivity index (χ0) is 13.1. The van der Waals surface area contributed by atoms with Crippen molar-refractivity contribution in [3.63, 3.8) is 0 Å². The Morgan fingerprint density at radius 1 is 1.33 bits per heavy atom. The fourth-order valence-electron chi connectivity index (χ4n) is 2.68. The number of rotatable bonds is 3. The van der Waals surface area contributed by atoms with E-state index in [1.54, 1.807) is 0 Å². The molecular formula is C14H19BrN2S. The Balaban J connectivity index is 2.28. The topological polar surface area (TPSA) is 29.3 Å². The monoisotopic (exact) mass is 326 g/mol. The van der Waals surface area contributed by atoms with Gasteiger partial charge in [-0.15, -0.1) is 0 Å². The largest absolute Gasteiger partial charge is 0.389 e. The maximum atomic E-state index is 5.83. The van der Waals surface area contributed by atoms with E-state index in [1.165, 1.54) is 32.1 Å². The van der Waals surface area contributed by atoms with Gasteiger partial charge in [0.15, 0.2) is 0 Å². The van der Waals surface area contributed by atoms with Crippen molar-refractivity contribution in [3.8, 4) is 0 Å². The molecule has 18 heavy (non-hydrogen) atoms. The SMILES string of the molecule is CN(c1ccc(Br)cc1C(N)=S)C1CCCCC1. The highest BCUT2D eigenvalue weighted by Crippen LogP contribution is 2.30. The van der Waals surface area contributed by atoms with Gasteiger partial charge in [0, 0.05) is 28.8 Å². The zero-order valence-electron chi connectivity index (χ0n) is 10.7. The van der Waals surface area contributed by atoms with E-state index in [4.69, 9.17) is 18.0 Å². The molecular weight excluding hydrogens is 308 g/mol. The van der Waals surface area contributed by atoms with E-state index in [0.29, 0.717) is 11.0 Å². The predicted octanol–water partition coefficient (Wildman–Crippen LogP) is 3.85. The Morgan fingerprint density at radius 2 is 2.00 bits per heavy atom. The lowest BCUT2D eigenvalue weighted by atomic mass is 9.94. The maximum Gasteiger partial charge on any atom is 0.106 e. The first-order valence-corrected chi connectivity index (χ1v) is 7.62. The Kier molecular flexibility index (Phi) is 4.62. The number of nitrogens with two attached hydrogens (primary N) is 1. The van der Waals surface area contributed by atoms with Crippen LogP contribution in [-0.2, 0) is 0 Å². The van der Waals surface area contributed by atoms with Crippen molar-refractivity contribution in [3.05, 3.63) is 28.2 Å². The first-order chi connectivity index (χ1) is 8.59. The first kappa shape index (κ1) is 13.8. The minimum absolute atomic E-state index is 0.467. The second-order valence-corrected chi connectivity index (χ2v) is 6.28. The molecule has 1 aliphatic carbocycles. The van der Waals surface area contributed by atoms with Crippen molar-refractivity contribution in [2.45, 2.75) is 38.1 Å². The molecule has 0 atom stereocenters. The number of anilines is 1. The molecule has 4 heteroatoms. The van der Waals surface area contributed by atoms with Crippen molar-refractivity contribution < 1.29 is 0 Å². The molecule has 0 aromatic heterocycles. The lowest BCUT2D eigenvalue weighted by Gasteiger charge is -2.34. The van der Waals surface area contributed by atoms with Gasteiger partial charge < -0.3 is 10.6 Å². The molecule has 0 radical (unpaired) electrons. The molecule has 2 rings (SSSR count). The van der Waals surface area contributed by atoms with Crippen molar-refractivity contribution in [2.24, 2.45) is 5.73 Å². The van der Waals surface area contributed by atoms with Gasteiger partial charge in [0.2, 0.25) is 0 Å². The molecule has 0 saturated heterocycles. The van der Waals surface area contributed by atoms with Gasteiger partial charge in [0.05, 0.1) is 0 Å². The Labute approximate surface area is 123 Å². The summed E-state index contributed by atoms with van der Waals surface area (Å²) in [5.41, 5.74) is 7.95. The molecule has 0 unspecified atom stereocenters. The minimum Gasteiger partial charge on any atom is -0.389 e. The van der Waals surface area contributed by atoms with Crippen LogP contribution in [0.5, 0.6) is 0 Å². The summed E-state index contributed by atoms with van der Waals surface area (Å²) in [5.74, 6) is 0. The molecule has 0 amide bonds. The highest BCUT2D eigenvalue weighted by Gasteiger charge is 2.20. The quantitative estimate of drug-likeness (QED) is 0.855. The van der Waals surface area contributed by atoms with E-state index >= 15 is 0 Å². The Hall–Kier alpha value is -0.610. The molecule has 1 saturated carbocycles. The number of nitrogens with zero attached hydrogens (tertiary/aromatic N) is 1. The Morgan fingerprint density at radius 3 is 2.61 bits per heavy atom. The van der Waals surface area contributed by atoms with Crippen LogP contribution < -0.4 is 10.6 Å². The van der Waals surface area contributed by atoms with E-state index in [-0.39, 0.29) is 0 Å². The van der Waals surface area contributed by atoms with Crippen molar-refractivity contribution >= 4 is 38.8 Å². The van der Waals surface area contributed by atoms with Crippen LogP contribution in [0.4, 0.5) is 5.69 Å². The minimum atomic E-state index is 0.467. The Bertz CT molecular complexity index is 441. The summed E-state index contributed by atoms with van der Waals surface area (Å²) in [4.78, 5) is 2.81. The number of thiocarbonyl (C=S) groups is 1. The van der Waals surface area contributed by atoms with Crippen LogP contribution in [0.2, 0.25) is 0 Å². The third-order valence-electron chi connectivity index (χ3n) is 3.73. The summed E-state index contributed by atoms with van der Waals surface area (Å²) in [6, 6.07) is 6.79. The van der Waals surface area contributed by atoms with E-state index in [1.807, 2.05) is 6.07 Å². The van der Waals surface area contributed by atoms with Gasteiger partial charge in [-0.3, -0.25) is 0 Å². The third kappa shape index (κ3) is 3.04. The molecule has 0 aliphatic heterocycles. The molecule has 0 heterocycles. The summed E-state index contributed by atoms with van der Waals surface area (Å²) in [5, 5.41) is 0. The summed E-state index contributed by atoms with van der Waals surface area (Å²) >= 11 is 8.64. The summed E-state index contributed by atoms with van der Waals surface area (Å²) in [7, 11) is 2.15. The van der Waals surface area contributed by atoms with Crippen LogP contribution in [0.15, 0.2) is 22.7 Å². The van der Waals surface area contributed by atoms with Gasteiger partial charge in [-0.2, -0.15) is 0 Å². The van der Waals surface area contributed by atoms with Crippen LogP contribution in [0.3, 0.4) is 0 Å². The van der Waals surface area contributed by atoms with Crippen molar-refractivity contribution in [2.75, 3.05) is 11.9 Å². The fourth-order valence-corrected chi connectivity index (χ4v) is 3.20. The lowest BCUT2D eigenvalue weighted by molar-refractivity contribution is 0.427. The molecule has 98 valence electrons. The smallest absolute Gasteiger partial charge is 0.106 e. The zero-order valence-corrected chi connectivity index (χ0v) is 13.1. The highest BCUT2D eigenvalue weighted by atomic mass is 79.9. The normalized spacial score (nSPS) is 16.6. The van der Waals surface area contributed by atoms with Gasteiger partial charge in [-0.05, 0) is 31.0 Å². The van der Waals surface area contributed by atoms with E-state index < -0.39 is 0 Å². The number of halogens is 1. The second-order valence-electron chi connectivity index (χ2n) is 4.93. The molecule has 1 aromatic rings. The molecule has 1 aliphatic rings. The van der Waals surface area contributed by atoms with Crippen LogP contribution in [-0.4, -0.2) is 18.1 Å². The van der Waals surface area contributed by atoms with Gasteiger partial charge >= 0.3 is 0 Å². The van der Waals surface area contributed by atoms with Gasteiger partial charge in [0.25, 0.3) is 0 Å². The summed E-state index contributed by atoms with van der Waals surface area (Å²) in [6.45, 7) is 0. The van der Waals surface area contributed by atoms with Crippen LogP contribution in [0.1, 0.15) is 37.7 Å². The second kappa shape index (κ2) is 6.02. The van der Waals surface area contributed by atoms with Crippen LogP contribution in [0, 0.1) is 0 Å². The lowest BCUT2D eigenvalue weighted by Crippen LogP contribution is -2.34. The van der Waals surface area contributed by atoms with Gasteiger partial charge in [0.1, 0.15) is 4.99 Å². The standard InChI is InChI=1S/C14H19BrN2S/c1-17(11-5-3-2-4-6-11)13-8-7-10(15)9-12(13)14(16)18/h7-9,11H,2-6H2,1H3,(H2,16,18). The van der Waals surface area contributed by atoms with E-state index in [9.17, 15) is 0 Å². The summed E-state index contributed by atoms with van der Waals surface area (Å²) in [6.07, 6.45) is 6.56. The van der Waals surface area contributed by atoms with Gasteiger partial charge in [-0.1, -0.05) is 47.4 Å². The van der Waals surface area contributed by atoms with Gasteiger partial charge in [-0.25, -0.2) is 0 Å². The number of hydrogen-bond acceptors (Lipinski definition) is 2. The maximum absolute atomic E-state index is 5.83. The first-order valence-electron chi connectivity index (χ1n) is 6.42. The third-order valence-corrected chi connectivity index (χ3v) is 4.44. The molecule has 0 bridgehead atoms. The van der Waals surface area contributed by atoms with E-state index in [0.717, 1.165) is 15.7 Å².